The quantitative estimate of drug-likeness (QED) is 0.607. The number of hydrogen-bond donors (Lipinski definition) is 1. The molecule has 0 atom stereocenters. The highest BCUT2D eigenvalue weighted by Crippen LogP contribution is 2.30. The van der Waals surface area contributed by atoms with Gasteiger partial charge in [-0.2, -0.15) is 0 Å². The van der Waals surface area contributed by atoms with Crippen molar-refractivity contribution in [3.63, 3.8) is 0 Å². The third kappa shape index (κ3) is 5.34. The first-order valence-corrected chi connectivity index (χ1v) is 11.0. The Kier molecular flexibility index (Phi) is 7.02. The molecule has 0 aliphatic carbocycles. The second kappa shape index (κ2) is 10.1. The first-order valence-electron chi connectivity index (χ1n) is 10.6. The minimum atomic E-state index is -0.184. The second-order valence-electron chi connectivity index (χ2n) is 7.80. The van der Waals surface area contributed by atoms with E-state index in [4.69, 9.17) is 16.1 Å². The first kappa shape index (κ1) is 21.6. The maximum absolute atomic E-state index is 12.8. The number of halogens is 1. The summed E-state index contributed by atoms with van der Waals surface area (Å²) in [5.41, 5.74) is 2.97. The fourth-order valence-corrected chi connectivity index (χ4v) is 4.13. The lowest BCUT2D eigenvalue weighted by atomic mass is 10.1. The van der Waals surface area contributed by atoms with Crippen LogP contribution in [0.3, 0.4) is 0 Å². The van der Waals surface area contributed by atoms with Gasteiger partial charge >= 0.3 is 0 Å². The van der Waals surface area contributed by atoms with Crippen LogP contribution in [-0.4, -0.2) is 60.1 Å². The maximum atomic E-state index is 12.8. The molecule has 0 unspecified atom stereocenters. The van der Waals surface area contributed by atoms with Crippen LogP contribution < -0.4 is 5.32 Å². The van der Waals surface area contributed by atoms with Gasteiger partial charge in [0, 0.05) is 51.4 Å². The molecular weight excluding hydrogens is 412 g/mol. The molecular formula is C24H27ClN4O2. The number of benzene rings is 2. The molecule has 31 heavy (non-hydrogen) atoms. The molecule has 1 fully saturated rings. The molecule has 6 nitrogen and oxygen atoms in total. The van der Waals surface area contributed by atoms with Gasteiger partial charge in [-0.15, -0.1) is 0 Å². The van der Waals surface area contributed by atoms with Crippen molar-refractivity contribution in [2.75, 3.05) is 39.3 Å². The van der Waals surface area contributed by atoms with E-state index in [0.29, 0.717) is 34.1 Å². The van der Waals surface area contributed by atoms with E-state index in [1.54, 1.807) is 13.0 Å². The third-order valence-corrected chi connectivity index (χ3v) is 5.98. The Morgan fingerprint density at radius 1 is 1.03 bits per heavy atom. The van der Waals surface area contributed by atoms with Gasteiger partial charge < -0.3 is 9.84 Å². The number of amides is 1. The Labute approximate surface area is 187 Å². The van der Waals surface area contributed by atoms with Crippen LogP contribution in [0, 0.1) is 6.92 Å². The van der Waals surface area contributed by atoms with Gasteiger partial charge in [-0.1, -0.05) is 65.3 Å². The zero-order valence-corrected chi connectivity index (χ0v) is 18.4. The number of carbonyl (C=O) groups excluding carboxylic acids is 1. The molecule has 0 spiro atoms. The summed E-state index contributed by atoms with van der Waals surface area (Å²) in [7, 11) is 0. The van der Waals surface area contributed by atoms with Crippen molar-refractivity contribution in [1.82, 2.24) is 20.3 Å². The summed E-state index contributed by atoms with van der Waals surface area (Å²) >= 11 is 6.29. The second-order valence-corrected chi connectivity index (χ2v) is 8.21. The van der Waals surface area contributed by atoms with Crippen LogP contribution in [0.25, 0.3) is 11.3 Å². The normalized spacial score (nSPS) is 15.2. The molecule has 4 rings (SSSR count). The molecule has 1 N–H and O–H groups in total. The molecule has 0 radical (unpaired) electrons. The Morgan fingerprint density at radius 2 is 1.71 bits per heavy atom. The van der Waals surface area contributed by atoms with Crippen molar-refractivity contribution in [2.24, 2.45) is 0 Å². The van der Waals surface area contributed by atoms with Gasteiger partial charge in [0.05, 0.1) is 5.02 Å². The van der Waals surface area contributed by atoms with E-state index in [2.05, 4.69) is 44.5 Å². The van der Waals surface area contributed by atoms with E-state index in [0.717, 1.165) is 39.3 Å². The average molecular weight is 439 g/mol. The van der Waals surface area contributed by atoms with Gasteiger partial charge in [0.25, 0.3) is 5.91 Å². The van der Waals surface area contributed by atoms with Crippen LogP contribution in [0.4, 0.5) is 0 Å². The highest BCUT2D eigenvalue weighted by atomic mass is 35.5. The average Bonchev–Trinajstić information content (AvgIpc) is 3.17. The zero-order valence-electron chi connectivity index (χ0n) is 17.7. The number of nitrogens with one attached hydrogen (secondary N) is 1. The van der Waals surface area contributed by atoms with Crippen LogP contribution in [0.15, 0.2) is 59.1 Å². The molecule has 0 bridgehead atoms. The Bertz CT molecular complexity index is 1010. The van der Waals surface area contributed by atoms with Gasteiger partial charge in [0.15, 0.2) is 0 Å². The van der Waals surface area contributed by atoms with Crippen LogP contribution >= 0.6 is 11.6 Å². The van der Waals surface area contributed by atoms with Crippen LogP contribution in [0.5, 0.6) is 0 Å². The van der Waals surface area contributed by atoms with E-state index in [1.807, 2.05) is 24.3 Å². The number of nitrogens with zero attached hydrogens (tertiary/aromatic N) is 3. The summed E-state index contributed by atoms with van der Waals surface area (Å²) in [6, 6.07) is 17.9. The minimum absolute atomic E-state index is 0.184. The molecule has 2 heterocycles. The molecule has 1 aliphatic rings. The summed E-state index contributed by atoms with van der Waals surface area (Å²) < 4.78 is 5.30. The number of piperazine rings is 1. The molecule has 2 aromatic carbocycles. The molecule has 3 aromatic rings. The standard InChI is InChI=1S/C24H27ClN4O2/c1-18-22(23(27-31-18)20-9-5-6-10-21(20)25)24(30)26-11-12-28-13-15-29(16-14-28)17-19-7-3-2-4-8-19/h2-10H,11-17H2,1H3,(H,26,30). The lowest BCUT2D eigenvalue weighted by molar-refractivity contribution is 0.0933. The monoisotopic (exact) mass is 438 g/mol. The summed E-state index contributed by atoms with van der Waals surface area (Å²) in [5, 5.41) is 7.63. The summed E-state index contributed by atoms with van der Waals surface area (Å²) in [6.07, 6.45) is 0. The van der Waals surface area contributed by atoms with E-state index in [-0.39, 0.29) is 5.91 Å². The minimum Gasteiger partial charge on any atom is -0.360 e. The maximum Gasteiger partial charge on any atom is 0.257 e. The first-order chi connectivity index (χ1) is 15.1. The smallest absolute Gasteiger partial charge is 0.257 e. The lowest BCUT2D eigenvalue weighted by Crippen LogP contribution is -2.48. The van der Waals surface area contributed by atoms with Crippen molar-refractivity contribution in [3.8, 4) is 11.3 Å². The van der Waals surface area contributed by atoms with Crippen molar-refractivity contribution in [2.45, 2.75) is 13.5 Å². The van der Waals surface area contributed by atoms with Crippen molar-refractivity contribution in [1.29, 1.82) is 0 Å². The van der Waals surface area contributed by atoms with Crippen LogP contribution in [-0.2, 0) is 6.54 Å². The van der Waals surface area contributed by atoms with Crippen LogP contribution in [0.1, 0.15) is 21.7 Å². The predicted molar refractivity (Wildman–Crippen MR) is 122 cm³/mol. The number of carbonyl (C=O) groups is 1. The molecule has 162 valence electrons. The van der Waals surface area contributed by atoms with Gasteiger partial charge in [-0.25, -0.2) is 0 Å². The Balaban J connectivity index is 1.27. The lowest BCUT2D eigenvalue weighted by Gasteiger charge is -2.34. The van der Waals surface area contributed by atoms with E-state index in [9.17, 15) is 4.79 Å². The topological polar surface area (TPSA) is 61.6 Å². The third-order valence-electron chi connectivity index (χ3n) is 5.65. The number of hydrogen-bond acceptors (Lipinski definition) is 5. The SMILES string of the molecule is Cc1onc(-c2ccccc2Cl)c1C(=O)NCCN1CCN(Cc2ccccc2)CC1. The number of rotatable bonds is 7. The summed E-state index contributed by atoms with van der Waals surface area (Å²) in [6.45, 7) is 8.19. The number of aryl methyl sites for hydroxylation is 1. The summed E-state index contributed by atoms with van der Waals surface area (Å²) in [4.78, 5) is 17.7. The Hall–Kier alpha value is -2.67. The van der Waals surface area contributed by atoms with E-state index >= 15 is 0 Å². The zero-order chi connectivity index (χ0) is 21.6. The molecule has 1 aliphatic heterocycles. The largest absolute Gasteiger partial charge is 0.360 e. The molecule has 1 saturated heterocycles. The van der Waals surface area contributed by atoms with E-state index < -0.39 is 0 Å². The van der Waals surface area contributed by atoms with Crippen LogP contribution in [0.2, 0.25) is 5.02 Å². The fraction of sp³-hybridized carbons (Fsp3) is 0.333. The highest BCUT2D eigenvalue weighted by molar-refractivity contribution is 6.33. The van der Waals surface area contributed by atoms with Gasteiger partial charge in [0.1, 0.15) is 17.0 Å². The predicted octanol–water partition coefficient (Wildman–Crippen LogP) is 3.85. The van der Waals surface area contributed by atoms with Gasteiger partial charge in [0.2, 0.25) is 0 Å². The van der Waals surface area contributed by atoms with Crippen molar-refractivity contribution in [3.05, 3.63) is 76.5 Å². The molecule has 0 saturated carbocycles. The Morgan fingerprint density at radius 3 is 2.45 bits per heavy atom. The molecule has 1 amide bonds. The number of aromatic nitrogens is 1. The van der Waals surface area contributed by atoms with Crippen molar-refractivity contribution < 1.29 is 9.32 Å². The summed E-state index contributed by atoms with van der Waals surface area (Å²) in [5.74, 6) is 0.304. The molecule has 1 aromatic heterocycles. The van der Waals surface area contributed by atoms with Gasteiger partial charge in [-0.05, 0) is 18.6 Å². The van der Waals surface area contributed by atoms with E-state index in [1.165, 1.54) is 5.56 Å². The van der Waals surface area contributed by atoms with Crippen molar-refractivity contribution >= 4 is 17.5 Å². The fourth-order valence-electron chi connectivity index (χ4n) is 3.91. The van der Waals surface area contributed by atoms with Gasteiger partial charge in [-0.3, -0.25) is 14.6 Å². The highest BCUT2D eigenvalue weighted by Gasteiger charge is 2.23. The molecule has 7 heteroatoms.